The van der Waals surface area contributed by atoms with Crippen LogP contribution in [-0.4, -0.2) is 22.3 Å². The van der Waals surface area contributed by atoms with Crippen molar-refractivity contribution in [3.63, 3.8) is 0 Å². The third-order valence-electron chi connectivity index (χ3n) is 3.04. The smallest absolute Gasteiger partial charge is 0.267 e. The Morgan fingerprint density at radius 3 is 2.19 bits per heavy atom. The number of amides is 1. The Hall–Kier alpha value is -2.18. The van der Waals surface area contributed by atoms with Crippen LogP contribution in [0.3, 0.4) is 0 Å². The van der Waals surface area contributed by atoms with Crippen molar-refractivity contribution in [2.24, 2.45) is 5.73 Å². The SMILES string of the molecule is COc1ccc(S(=O)C(O)(C(N)=O)c2ccccc2)cc1. The molecule has 2 aromatic rings. The van der Waals surface area contributed by atoms with E-state index in [1.165, 1.54) is 31.4 Å². The Kier molecular flexibility index (Phi) is 4.40. The number of aliphatic hydroxyl groups is 1. The Bertz CT molecular complexity index is 657. The van der Waals surface area contributed by atoms with Gasteiger partial charge in [0.05, 0.1) is 7.11 Å². The summed E-state index contributed by atoms with van der Waals surface area (Å²) in [7, 11) is -0.543. The molecule has 0 aromatic heterocycles. The Labute approximate surface area is 124 Å². The lowest BCUT2D eigenvalue weighted by Crippen LogP contribution is -2.44. The molecule has 0 spiro atoms. The first kappa shape index (κ1) is 15.2. The molecular formula is C15H15NO4S. The Morgan fingerprint density at radius 1 is 1.14 bits per heavy atom. The van der Waals surface area contributed by atoms with Crippen LogP contribution >= 0.6 is 0 Å². The van der Waals surface area contributed by atoms with E-state index in [2.05, 4.69) is 0 Å². The van der Waals surface area contributed by atoms with E-state index in [4.69, 9.17) is 10.5 Å². The molecule has 0 aliphatic carbocycles. The van der Waals surface area contributed by atoms with E-state index in [0.717, 1.165) is 0 Å². The number of primary amides is 1. The zero-order valence-electron chi connectivity index (χ0n) is 11.4. The van der Waals surface area contributed by atoms with E-state index in [1.807, 2.05) is 0 Å². The van der Waals surface area contributed by atoms with Crippen LogP contribution in [0.2, 0.25) is 0 Å². The summed E-state index contributed by atoms with van der Waals surface area (Å²) in [6.45, 7) is 0. The molecule has 0 heterocycles. The molecule has 3 N–H and O–H groups in total. The minimum Gasteiger partial charge on any atom is -0.497 e. The molecule has 21 heavy (non-hydrogen) atoms. The zero-order chi connectivity index (χ0) is 15.5. The van der Waals surface area contributed by atoms with Crippen molar-refractivity contribution in [2.75, 3.05) is 7.11 Å². The molecule has 0 aliphatic rings. The highest BCUT2D eigenvalue weighted by atomic mass is 32.2. The maximum Gasteiger partial charge on any atom is 0.267 e. The van der Waals surface area contributed by atoms with Gasteiger partial charge < -0.3 is 15.6 Å². The number of carbonyl (C=O) groups excluding carboxylic acids is 1. The highest BCUT2D eigenvalue weighted by Gasteiger charge is 2.43. The summed E-state index contributed by atoms with van der Waals surface area (Å²) in [6.07, 6.45) is 0. The molecule has 0 bridgehead atoms. The standard InChI is InChI=1S/C15H15NO4S/c1-20-12-7-9-13(10-8-12)21(19)15(18,14(16)17)11-5-3-2-4-6-11/h2-10,18H,1H3,(H2,16,17). The predicted octanol–water partition coefficient (Wildman–Crippen LogP) is 1.13. The molecule has 2 rings (SSSR count). The van der Waals surface area contributed by atoms with Crippen molar-refractivity contribution in [1.29, 1.82) is 0 Å². The molecule has 2 atom stereocenters. The van der Waals surface area contributed by atoms with Crippen LogP contribution in [0.5, 0.6) is 5.75 Å². The minimum absolute atomic E-state index is 0.187. The molecule has 2 unspecified atom stereocenters. The lowest BCUT2D eigenvalue weighted by Gasteiger charge is -2.24. The number of nitrogens with two attached hydrogens (primary N) is 1. The van der Waals surface area contributed by atoms with Crippen LogP contribution in [0.25, 0.3) is 0 Å². The maximum absolute atomic E-state index is 12.6. The van der Waals surface area contributed by atoms with Gasteiger partial charge in [-0.25, -0.2) is 0 Å². The first-order valence-electron chi connectivity index (χ1n) is 6.14. The van der Waals surface area contributed by atoms with Crippen LogP contribution in [0.4, 0.5) is 0 Å². The second-order valence-electron chi connectivity index (χ2n) is 4.32. The van der Waals surface area contributed by atoms with E-state index in [1.54, 1.807) is 30.3 Å². The summed E-state index contributed by atoms with van der Waals surface area (Å²) in [5.41, 5.74) is 5.48. The highest BCUT2D eigenvalue weighted by molar-refractivity contribution is 7.86. The minimum atomic E-state index is -2.28. The lowest BCUT2D eigenvalue weighted by molar-refractivity contribution is -0.129. The Balaban J connectivity index is 2.47. The maximum atomic E-state index is 12.6. The molecule has 0 saturated carbocycles. The van der Waals surface area contributed by atoms with Gasteiger partial charge in [-0.05, 0) is 24.3 Å². The Morgan fingerprint density at radius 2 is 1.71 bits per heavy atom. The van der Waals surface area contributed by atoms with Crippen LogP contribution < -0.4 is 10.5 Å². The number of methoxy groups -OCH3 is 1. The summed E-state index contributed by atoms with van der Waals surface area (Å²) >= 11 is 0. The lowest BCUT2D eigenvalue weighted by atomic mass is 10.1. The third-order valence-corrected chi connectivity index (χ3v) is 4.71. The van der Waals surface area contributed by atoms with Crippen LogP contribution in [0.1, 0.15) is 5.56 Å². The van der Waals surface area contributed by atoms with E-state index >= 15 is 0 Å². The monoisotopic (exact) mass is 305 g/mol. The van der Waals surface area contributed by atoms with Gasteiger partial charge in [0.1, 0.15) is 16.5 Å². The zero-order valence-corrected chi connectivity index (χ0v) is 12.2. The average molecular weight is 305 g/mol. The summed E-state index contributed by atoms with van der Waals surface area (Å²) in [6, 6.07) is 14.2. The largest absolute Gasteiger partial charge is 0.497 e. The van der Waals surface area contributed by atoms with Gasteiger partial charge in [-0.3, -0.25) is 9.00 Å². The molecular weight excluding hydrogens is 290 g/mol. The fourth-order valence-corrected chi connectivity index (χ4v) is 3.13. The van der Waals surface area contributed by atoms with Crippen molar-refractivity contribution in [2.45, 2.75) is 9.83 Å². The topological polar surface area (TPSA) is 89.6 Å². The second kappa shape index (κ2) is 6.07. The number of ether oxygens (including phenoxy) is 1. The molecule has 5 nitrogen and oxygen atoms in total. The quantitative estimate of drug-likeness (QED) is 0.866. The van der Waals surface area contributed by atoms with Crippen LogP contribution in [0.15, 0.2) is 59.5 Å². The third kappa shape index (κ3) is 2.81. The molecule has 0 radical (unpaired) electrons. The van der Waals surface area contributed by atoms with Gasteiger partial charge >= 0.3 is 0 Å². The molecule has 0 aliphatic heterocycles. The van der Waals surface area contributed by atoms with Gasteiger partial charge in [-0.1, -0.05) is 30.3 Å². The van der Waals surface area contributed by atoms with Crippen LogP contribution in [-0.2, 0) is 20.5 Å². The molecule has 1 amide bonds. The fourth-order valence-electron chi connectivity index (χ4n) is 1.87. The first-order valence-corrected chi connectivity index (χ1v) is 7.29. The van der Waals surface area contributed by atoms with Crippen molar-refractivity contribution in [1.82, 2.24) is 0 Å². The van der Waals surface area contributed by atoms with Gasteiger partial charge in [0, 0.05) is 10.5 Å². The van der Waals surface area contributed by atoms with Crippen molar-refractivity contribution in [3.05, 3.63) is 60.2 Å². The highest BCUT2D eigenvalue weighted by Crippen LogP contribution is 2.30. The molecule has 0 fully saturated rings. The summed E-state index contributed by atoms with van der Waals surface area (Å²) in [4.78, 5) is 9.71. The van der Waals surface area contributed by atoms with Crippen LogP contribution in [0, 0.1) is 0 Å². The van der Waals surface area contributed by atoms with E-state index in [-0.39, 0.29) is 10.5 Å². The average Bonchev–Trinajstić information content (AvgIpc) is 2.54. The summed E-state index contributed by atoms with van der Waals surface area (Å²) in [5, 5.41) is 10.6. The number of hydrogen-bond acceptors (Lipinski definition) is 4. The van der Waals surface area contributed by atoms with Crippen molar-refractivity contribution < 1.29 is 18.8 Å². The predicted molar refractivity (Wildman–Crippen MR) is 78.9 cm³/mol. The van der Waals surface area contributed by atoms with Gasteiger partial charge in [0.2, 0.25) is 4.93 Å². The number of hydrogen-bond donors (Lipinski definition) is 2. The summed E-state index contributed by atoms with van der Waals surface area (Å²) < 4.78 is 17.6. The van der Waals surface area contributed by atoms with E-state index < -0.39 is 21.6 Å². The number of carbonyl (C=O) groups is 1. The first-order chi connectivity index (χ1) is 10.00. The van der Waals surface area contributed by atoms with Gasteiger partial charge in [0.25, 0.3) is 5.91 Å². The van der Waals surface area contributed by atoms with E-state index in [9.17, 15) is 14.1 Å². The fraction of sp³-hybridized carbons (Fsp3) is 0.133. The molecule has 110 valence electrons. The normalized spacial score (nSPS) is 15.0. The number of rotatable bonds is 5. The summed E-state index contributed by atoms with van der Waals surface area (Å²) in [5.74, 6) is -0.485. The van der Waals surface area contributed by atoms with Gasteiger partial charge in [0.15, 0.2) is 0 Å². The van der Waals surface area contributed by atoms with Gasteiger partial charge in [-0.15, -0.1) is 0 Å². The number of benzene rings is 2. The molecule has 0 saturated heterocycles. The molecule has 2 aromatic carbocycles. The molecule has 6 heteroatoms. The van der Waals surface area contributed by atoms with Gasteiger partial charge in [-0.2, -0.15) is 0 Å². The second-order valence-corrected chi connectivity index (χ2v) is 5.92. The van der Waals surface area contributed by atoms with Crippen molar-refractivity contribution >= 4 is 16.7 Å². The van der Waals surface area contributed by atoms with E-state index in [0.29, 0.717) is 5.75 Å². The van der Waals surface area contributed by atoms with Crippen molar-refractivity contribution in [3.8, 4) is 5.75 Å².